The summed E-state index contributed by atoms with van der Waals surface area (Å²) in [7, 11) is 0. The van der Waals surface area contributed by atoms with Gasteiger partial charge in [0.25, 0.3) is 11.6 Å². The third-order valence-corrected chi connectivity index (χ3v) is 4.65. The second-order valence-corrected chi connectivity index (χ2v) is 6.62. The van der Waals surface area contributed by atoms with Crippen molar-refractivity contribution in [2.45, 2.75) is 19.2 Å². The topological polar surface area (TPSA) is 94.5 Å². The molecule has 0 aliphatic carbocycles. The maximum absolute atomic E-state index is 12.6. The molecule has 1 aromatic heterocycles. The van der Waals surface area contributed by atoms with Crippen molar-refractivity contribution < 1.29 is 27.4 Å². The van der Waals surface area contributed by atoms with Crippen LogP contribution in [0, 0.1) is 10.1 Å². The number of nitro benzene ring substituents is 1. The Bertz CT molecular complexity index is 1080. The summed E-state index contributed by atoms with van der Waals surface area (Å²) in [5.74, 6) is -0.660. The molecule has 1 aliphatic heterocycles. The molecule has 1 aliphatic rings. The van der Waals surface area contributed by atoms with Crippen molar-refractivity contribution in [3.63, 3.8) is 0 Å². The van der Waals surface area contributed by atoms with Gasteiger partial charge in [0.2, 0.25) is 5.82 Å². The molecule has 0 unspecified atom stereocenters. The molecule has 30 heavy (non-hydrogen) atoms. The average Bonchev–Trinajstić information content (AvgIpc) is 3.39. The number of rotatable bonds is 5. The summed E-state index contributed by atoms with van der Waals surface area (Å²) < 4.78 is 47.1. The van der Waals surface area contributed by atoms with Crippen LogP contribution in [-0.4, -0.2) is 34.5 Å². The molecule has 11 heteroatoms. The van der Waals surface area contributed by atoms with Crippen LogP contribution in [0.1, 0.15) is 12.8 Å². The van der Waals surface area contributed by atoms with Gasteiger partial charge in [0, 0.05) is 24.7 Å². The van der Waals surface area contributed by atoms with E-state index < -0.39 is 17.0 Å². The van der Waals surface area contributed by atoms with Crippen LogP contribution < -0.4 is 9.64 Å². The number of alkyl halides is 3. The van der Waals surface area contributed by atoms with Crippen molar-refractivity contribution in [3.8, 4) is 28.6 Å². The zero-order chi connectivity index (χ0) is 21.3. The van der Waals surface area contributed by atoms with E-state index in [1.165, 1.54) is 24.3 Å². The molecule has 0 atom stereocenters. The van der Waals surface area contributed by atoms with Gasteiger partial charge in [0.05, 0.1) is 10.5 Å². The Kier molecular flexibility index (Phi) is 5.02. The molecule has 0 N–H and O–H groups in total. The Hall–Kier alpha value is -3.63. The Morgan fingerprint density at radius 3 is 2.57 bits per heavy atom. The molecule has 0 radical (unpaired) electrons. The molecule has 1 fully saturated rings. The third-order valence-electron chi connectivity index (χ3n) is 4.65. The second kappa shape index (κ2) is 7.65. The van der Waals surface area contributed by atoms with Crippen LogP contribution in [0.4, 0.5) is 24.5 Å². The summed E-state index contributed by atoms with van der Waals surface area (Å²) in [4.78, 5) is 17.1. The Morgan fingerprint density at radius 1 is 1.13 bits per heavy atom. The molecule has 0 amide bonds. The molecule has 0 saturated carbocycles. The van der Waals surface area contributed by atoms with Crippen LogP contribution in [-0.2, 0) is 0 Å². The number of benzene rings is 2. The summed E-state index contributed by atoms with van der Waals surface area (Å²) in [6, 6.07) is 9.92. The fraction of sp³-hybridized carbons (Fsp3) is 0.263. The molecule has 2 aromatic carbocycles. The highest BCUT2D eigenvalue weighted by atomic mass is 19.4. The molecular weight excluding hydrogens is 405 g/mol. The lowest BCUT2D eigenvalue weighted by Crippen LogP contribution is -2.18. The quantitative estimate of drug-likeness (QED) is 0.432. The maximum atomic E-state index is 12.6. The Labute approximate surface area is 168 Å². The molecule has 0 spiro atoms. The number of halogens is 3. The van der Waals surface area contributed by atoms with E-state index in [9.17, 15) is 23.3 Å². The van der Waals surface area contributed by atoms with Gasteiger partial charge >= 0.3 is 6.36 Å². The van der Waals surface area contributed by atoms with Crippen LogP contribution in [0.25, 0.3) is 22.8 Å². The van der Waals surface area contributed by atoms with Gasteiger partial charge in [0.15, 0.2) is 0 Å². The first-order valence-electron chi connectivity index (χ1n) is 9.04. The molecule has 4 rings (SSSR count). The molecule has 1 saturated heterocycles. The molecule has 8 nitrogen and oxygen atoms in total. The predicted molar refractivity (Wildman–Crippen MR) is 100.0 cm³/mol. The Morgan fingerprint density at radius 2 is 1.87 bits per heavy atom. The van der Waals surface area contributed by atoms with Crippen LogP contribution in [0.3, 0.4) is 0 Å². The fourth-order valence-electron chi connectivity index (χ4n) is 3.34. The van der Waals surface area contributed by atoms with Crippen molar-refractivity contribution >= 4 is 11.4 Å². The van der Waals surface area contributed by atoms with Crippen molar-refractivity contribution in [2.24, 2.45) is 0 Å². The number of para-hydroxylation sites is 1. The first kappa shape index (κ1) is 19.7. The summed E-state index contributed by atoms with van der Waals surface area (Å²) >= 11 is 0. The highest BCUT2D eigenvalue weighted by Gasteiger charge is 2.33. The van der Waals surface area contributed by atoms with E-state index in [1.807, 2.05) is 4.90 Å². The smallest absolute Gasteiger partial charge is 0.405 e. The molecular formula is C19H15F3N4O4. The van der Waals surface area contributed by atoms with Gasteiger partial charge < -0.3 is 14.2 Å². The van der Waals surface area contributed by atoms with Crippen LogP contribution in [0.15, 0.2) is 47.0 Å². The highest BCUT2D eigenvalue weighted by molar-refractivity contribution is 5.72. The lowest BCUT2D eigenvalue weighted by atomic mass is 10.1. The SMILES string of the molecule is O=[N+]([O-])c1cc(-c2nc(-c3ccccc3OC(F)(F)F)no2)ccc1N1CCCC1. The van der Waals surface area contributed by atoms with E-state index in [-0.39, 0.29) is 28.5 Å². The number of hydrogen-bond acceptors (Lipinski definition) is 7. The molecule has 156 valence electrons. The minimum Gasteiger partial charge on any atom is -0.405 e. The van der Waals surface area contributed by atoms with Gasteiger partial charge in [-0.05, 0) is 37.1 Å². The normalized spacial score (nSPS) is 14.2. The maximum Gasteiger partial charge on any atom is 0.573 e. The molecule has 0 bridgehead atoms. The van der Waals surface area contributed by atoms with Gasteiger partial charge in [-0.3, -0.25) is 10.1 Å². The van der Waals surface area contributed by atoms with E-state index in [2.05, 4.69) is 14.9 Å². The zero-order valence-corrected chi connectivity index (χ0v) is 15.4. The summed E-state index contributed by atoms with van der Waals surface area (Å²) in [5, 5.41) is 15.3. The minimum atomic E-state index is -4.88. The van der Waals surface area contributed by atoms with Crippen molar-refractivity contribution in [3.05, 3.63) is 52.6 Å². The van der Waals surface area contributed by atoms with E-state index in [0.717, 1.165) is 32.0 Å². The fourth-order valence-corrected chi connectivity index (χ4v) is 3.34. The predicted octanol–water partition coefficient (Wildman–Crippen LogP) is 4.81. The van der Waals surface area contributed by atoms with Crippen molar-refractivity contribution in [1.29, 1.82) is 0 Å². The summed E-state index contributed by atoms with van der Waals surface area (Å²) in [6.07, 6.45) is -2.95. The number of nitrogens with zero attached hydrogens (tertiary/aromatic N) is 4. The average molecular weight is 420 g/mol. The minimum absolute atomic E-state index is 0.0204. The third kappa shape index (κ3) is 4.04. The van der Waals surface area contributed by atoms with Crippen LogP contribution in [0.2, 0.25) is 0 Å². The van der Waals surface area contributed by atoms with Crippen LogP contribution in [0.5, 0.6) is 5.75 Å². The van der Waals surface area contributed by atoms with Gasteiger partial charge in [-0.2, -0.15) is 4.98 Å². The van der Waals surface area contributed by atoms with E-state index in [1.54, 1.807) is 12.1 Å². The number of aromatic nitrogens is 2. The van der Waals surface area contributed by atoms with Crippen molar-refractivity contribution in [2.75, 3.05) is 18.0 Å². The van der Waals surface area contributed by atoms with Gasteiger partial charge in [-0.15, -0.1) is 13.2 Å². The largest absolute Gasteiger partial charge is 0.573 e. The first-order chi connectivity index (χ1) is 14.3. The lowest BCUT2D eigenvalue weighted by molar-refractivity contribution is -0.384. The number of ether oxygens (including phenoxy) is 1. The molecule has 2 heterocycles. The summed E-state index contributed by atoms with van der Waals surface area (Å²) in [6.45, 7) is 1.47. The monoisotopic (exact) mass is 420 g/mol. The van der Waals surface area contributed by atoms with E-state index >= 15 is 0 Å². The first-order valence-corrected chi connectivity index (χ1v) is 9.04. The zero-order valence-electron chi connectivity index (χ0n) is 15.4. The highest BCUT2D eigenvalue weighted by Crippen LogP contribution is 2.36. The number of hydrogen-bond donors (Lipinski definition) is 0. The second-order valence-electron chi connectivity index (χ2n) is 6.62. The number of nitro groups is 1. The van der Waals surface area contributed by atoms with Gasteiger partial charge in [0.1, 0.15) is 11.4 Å². The van der Waals surface area contributed by atoms with Gasteiger partial charge in [-0.25, -0.2) is 0 Å². The van der Waals surface area contributed by atoms with Gasteiger partial charge in [-0.1, -0.05) is 17.3 Å². The standard InChI is InChI=1S/C19H15F3N4O4/c20-19(21,22)29-16-6-2-1-5-13(16)17-23-18(30-24-17)12-7-8-14(15(11-12)26(27)28)25-9-3-4-10-25/h1-2,5-8,11H,3-4,9-10H2. The van der Waals surface area contributed by atoms with E-state index in [0.29, 0.717) is 5.69 Å². The van der Waals surface area contributed by atoms with Crippen molar-refractivity contribution in [1.82, 2.24) is 10.1 Å². The summed E-state index contributed by atoms with van der Waals surface area (Å²) in [5.41, 5.74) is 0.672. The Balaban J connectivity index is 1.68. The number of anilines is 1. The van der Waals surface area contributed by atoms with E-state index in [4.69, 9.17) is 4.52 Å². The molecule has 3 aromatic rings. The van der Waals surface area contributed by atoms with Crippen LogP contribution >= 0.6 is 0 Å². The lowest BCUT2D eigenvalue weighted by Gasteiger charge is -2.17.